The second-order valence-corrected chi connectivity index (χ2v) is 7.94. The SMILES string of the molecule is CC(=O)NC1(c2noc(CCC(=O)NC(CN)C3CC3)n2)CCCCCC1.Cl. The van der Waals surface area contributed by atoms with Crippen molar-refractivity contribution in [2.45, 2.75) is 82.7 Å². The number of hydrogen-bond donors (Lipinski definition) is 3. The normalized spacial score (nSPS) is 19.8. The number of nitrogens with one attached hydrogen (secondary N) is 2. The van der Waals surface area contributed by atoms with Crippen molar-refractivity contribution in [3.05, 3.63) is 11.7 Å². The van der Waals surface area contributed by atoms with Gasteiger partial charge < -0.3 is 20.9 Å². The fourth-order valence-electron chi connectivity index (χ4n) is 3.99. The first-order chi connectivity index (χ1) is 13.0. The first kappa shape index (κ1) is 22.6. The Morgan fingerprint density at radius 2 is 1.93 bits per heavy atom. The molecule has 1 aromatic rings. The average molecular weight is 414 g/mol. The topological polar surface area (TPSA) is 123 Å². The highest BCUT2D eigenvalue weighted by Crippen LogP contribution is 2.35. The Morgan fingerprint density at radius 3 is 2.50 bits per heavy atom. The van der Waals surface area contributed by atoms with E-state index in [1.54, 1.807) is 0 Å². The second kappa shape index (κ2) is 10.2. The van der Waals surface area contributed by atoms with Gasteiger partial charge >= 0.3 is 0 Å². The number of carbonyl (C=O) groups is 2. The molecule has 9 heteroatoms. The van der Waals surface area contributed by atoms with Crippen molar-refractivity contribution in [2.75, 3.05) is 6.54 Å². The van der Waals surface area contributed by atoms with Gasteiger partial charge in [0.15, 0.2) is 5.82 Å². The summed E-state index contributed by atoms with van der Waals surface area (Å²) < 4.78 is 5.39. The maximum absolute atomic E-state index is 12.2. The number of halogens is 1. The Morgan fingerprint density at radius 1 is 1.25 bits per heavy atom. The third kappa shape index (κ3) is 5.91. The van der Waals surface area contributed by atoms with Crippen LogP contribution in [0.5, 0.6) is 0 Å². The first-order valence-corrected chi connectivity index (χ1v) is 10.1. The van der Waals surface area contributed by atoms with Crippen LogP contribution >= 0.6 is 12.4 Å². The summed E-state index contributed by atoms with van der Waals surface area (Å²) >= 11 is 0. The summed E-state index contributed by atoms with van der Waals surface area (Å²) in [5.74, 6) is 1.37. The summed E-state index contributed by atoms with van der Waals surface area (Å²) in [6.07, 6.45) is 8.92. The number of amides is 2. The van der Waals surface area contributed by atoms with Crippen molar-refractivity contribution >= 4 is 24.2 Å². The smallest absolute Gasteiger partial charge is 0.227 e. The summed E-state index contributed by atoms with van der Waals surface area (Å²) in [5, 5.41) is 10.2. The molecule has 3 rings (SSSR count). The summed E-state index contributed by atoms with van der Waals surface area (Å²) in [6, 6.07) is 0.0739. The molecule has 0 spiro atoms. The molecule has 2 aliphatic carbocycles. The third-order valence-corrected chi connectivity index (χ3v) is 5.63. The Balaban J connectivity index is 0.00000280. The molecular formula is C19H32ClN5O3. The molecule has 158 valence electrons. The molecule has 1 atom stereocenters. The third-order valence-electron chi connectivity index (χ3n) is 5.63. The zero-order chi connectivity index (χ0) is 19.3. The molecular weight excluding hydrogens is 382 g/mol. The predicted molar refractivity (Wildman–Crippen MR) is 107 cm³/mol. The number of nitrogens with zero attached hydrogens (tertiary/aromatic N) is 2. The molecule has 1 heterocycles. The van der Waals surface area contributed by atoms with E-state index in [9.17, 15) is 9.59 Å². The van der Waals surface area contributed by atoms with E-state index < -0.39 is 5.54 Å². The minimum absolute atomic E-state index is 0. The highest BCUT2D eigenvalue weighted by molar-refractivity contribution is 5.85. The fraction of sp³-hybridized carbons (Fsp3) is 0.789. The fourth-order valence-corrected chi connectivity index (χ4v) is 3.99. The van der Waals surface area contributed by atoms with E-state index in [4.69, 9.17) is 10.3 Å². The van der Waals surface area contributed by atoms with Gasteiger partial charge in [-0.1, -0.05) is 30.8 Å². The van der Waals surface area contributed by atoms with E-state index in [1.807, 2.05) is 0 Å². The standard InChI is InChI=1S/C19H31N5O3.ClH/c1-13(25)23-19(10-4-2-3-5-11-19)18-22-17(27-24-18)9-8-16(26)21-15(12-20)14-6-7-14;/h14-15H,2-12,20H2,1H3,(H,21,26)(H,23,25);1H. The highest BCUT2D eigenvalue weighted by atomic mass is 35.5. The zero-order valence-electron chi connectivity index (χ0n) is 16.5. The minimum atomic E-state index is -0.553. The van der Waals surface area contributed by atoms with Gasteiger partial charge in [-0.05, 0) is 31.6 Å². The lowest BCUT2D eigenvalue weighted by Crippen LogP contribution is -2.45. The zero-order valence-corrected chi connectivity index (χ0v) is 17.4. The van der Waals surface area contributed by atoms with E-state index >= 15 is 0 Å². The van der Waals surface area contributed by atoms with Crippen molar-refractivity contribution in [3.63, 3.8) is 0 Å². The Hall–Kier alpha value is -1.67. The van der Waals surface area contributed by atoms with Crippen LogP contribution in [-0.4, -0.2) is 34.5 Å². The molecule has 28 heavy (non-hydrogen) atoms. The molecule has 2 aliphatic rings. The number of carbonyl (C=O) groups excluding carboxylic acids is 2. The van der Waals surface area contributed by atoms with E-state index in [0.29, 0.717) is 30.6 Å². The quantitative estimate of drug-likeness (QED) is 0.560. The lowest BCUT2D eigenvalue weighted by molar-refractivity contribution is -0.122. The summed E-state index contributed by atoms with van der Waals surface area (Å²) in [6.45, 7) is 1.99. The molecule has 1 aromatic heterocycles. The van der Waals surface area contributed by atoms with Crippen LogP contribution in [0.15, 0.2) is 4.52 Å². The van der Waals surface area contributed by atoms with Crippen molar-refractivity contribution < 1.29 is 14.1 Å². The van der Waals surface area contributed by atoms with Crippen LogP contribution in [0.2, 0.25) is 0 Å². The van der Waals surface area contributed by atoms with Crippen LogP contribution in [0.25, 0.3) is 0 Å². The number of aryl methyl sites for hydroxylation is 1. The molecule has 0 aromatic carbocycles. The molecule has 0 saturated heterocycles. The molecule has 0 bridgehead atoms. The molecule has 2 saturated carbocycles. The van der Waals surface area contributed by atoms with Gasteiger partial charge in [-0.15, -0.1) is 12.4 Å². The molecule has 4 N–H and O–H groups in total. The van der Waals surface area contributed by atoms with Crippen molar-refractivity contribution in [3.8, 4) is 0 Å². The summed E-state index contributed by atoms with van der Waals surface area (Å²) in [7, 11) is 0. The van der Waals surface area contributed by atoms with Gasteiger partial charge in [0.2, 0.25) is 17.7 Å². The van der Waals surface area contributed by atoms with Crippen LogP contribution in [0, 0.1) is 5.92 Å². The number of rotatable bonds is 8. The first-order valence-electron chi connectivity index (χ1n) is 10.1. The highest BCUT2D eigenvalue weighted by Gasteiger charge is 2.38. The molecule has 8 nitrogen and oxygen atoms in total. The minimum Gasteiger partial charge on any atom is -0.352 e. The predicted octanol–water partition coefficient (Wildman–Crippen LogP) is 1.96. The van der Waals surface area contributed by atoms with Crippen LogP contribution in [0.3, 0.4) is 0 Å². The van der Waals surface area contributed by atoms with Crippen molar-refractivity contribution in [2.24, 2.45) is 11.7 Å². The van der Waals surface area contributed by atoms with E-state index in [1.165, 1.54) is 6.92 Å². The largest absolute Gasteiger partial charge is 0.352 e. The van der Waals surface area contributed by atoms with Crippen LogP contribution in [0.1, 0.15) is 76.4 Å². The van der Waals surface area contributed by atoms with E-state index in [2.05, 4.69) is 20.8 Å². The Labute approximate surface area is 172 Å². The second-order valence-electron chi connectivity index (χ2n) is 7.94. The Kier molecular flexibility index (Phi) is 8.24. The average Bonchev–Trinajstić information content (AvgIpc) is 3.41. The van der Waals surface area contributed by atoms with Gasteiger partial charge in [-0.2, -0.15) is 4.98 Å². The number of aromatic nitrogens is 2. The van der Waals surface area contributed by atoms with E-state index in [0.717, 1.165) is 51.4 Å². The summed E-state index contributed by atoms with van der Waals surface area (Å²) in [5.41, 5.74) is 5.18. The molecule has 2 fully saturated rings. The monoisotopic (exact) mass is 413 g/mol. The number of hydrogen-bond acceptors (Lipinski definition) is 6. The lowest BCUT2D eigenvalue weighted by Gasteiger charge is -2.30. The van der Waals surface area contributed by atoms with E-state index in [-0.39, 0.29) is 36.7 Å². The van der Waals surface area contributed by atoms with Gasteiger partial charge in [0.25, 0.3) is 0 Å². The Bertz CT molecular complexity index is 654. The lowest BCUT2D eigenvalue weighted by atomic mass is 9.89. The van der Waals surface area contributed by atoms with Crippen LogP contribution in [0.4, 0.5) is 0 Å². The van der Waals surface area contributed by atoms with Gasteiger partial charge in [0.1, 0.15) is 5.54 Å². The van der Waals surface area contributed by atoms with Gasteiger partial charge in [0.05, 0.1) is 0 Å². The maximum atomic E-state index is 12.2. The summed E-state index contributed by atoms with van der Waals surface area (Å²) in [4.78, 5) is 28.4. The molecule has 0 radical (unpaired) electrons. The van der Waals surface area contributed by atoms with Crippen molar-refractivity contribution in [1.82, 2.24) is 20.8 Å². The molecule has 2 amide bonds. The van der Waals surface area contributed by atoms with Crippen LogP contribution in [-0.2, 0) is 21.5 Å². The van der Waals surface area contributed by atoms with Gasteiger partial charge in [0, 0.05) is 32.4 Å². The number of nitrogens with two attached hydrogens (primary N) is 1. The van der Waals surface area contributed by atoms with Gasteiger partial charge in [-0.3, -0.25) is 9.59 Å². The maximum Gasteiger partial charge on any atom is 0.227 e. The van der Waals surface area contributed by atoms with Crippen LogP contribution < -0.4 is 16.4 Å². The van der Waals surface area contributed by atoms with Crippen molar-refractivity contribution in [1.29, 1.82) is 0 Å². The van der Waals surface area contributed by atoms with Gasteiger partial charge in [-0.25, -0.2) is 0 Å². The molecule has 1 unspecified atom stereocenters. The molecule has 0 aliphatic heterocycles.